The Morgan fingerprint density at radius 1 is 0.903 bits per heavy atom. The Kier molecular flexibility index (Phi) is 11.0. The summed E-state index contributed by atoms with van der Waals surface area (Å²) in [4.78, 5) is 37.1. The molecule has 2 aliphatic rings. The molecular formula is C22H35ClN2O5S. The molecule has 0 bridgehead atoms. The molecule has 2 fully saturated rings. The van der Waals surface area contributed by atoms with E-state index in [4.69, 9.17) is 10.5 Å². The third-order valence-corrected chi connectivity index (χ3v) is 6.94. The summed E-state index contributed by atoms with van der Waals surface area (Å²) < 4.78 is 9.51. The van der Waals surface area contributed by atoms with Crippen LogP contribution in [0.25, 0.3) is 0 Å². The fourth-order valence-electron chi connectivity index (χ4n) is 4.16. The highest BCUT2D eigenvalue weighted by Gasteiger charge is 2.42. The number of ether oxygens (including phenoxy) is 2. The second-order valence-electron chi connectivity index (χ2n) is 8.21. The monoisotopic (exact) mass is 474 g/mol. The molecule has 1 aromatic heterocycles. The van der Waals surface area contributed by atoms with Gasteiger partial charge in [-0.25, -0.2) is 4.79 Å². The average molecular weight is 475 g/mol. The molecule has 1 amide bonds. The number of amides is 1. The van der Waals surface area contributed by atoms with E-state index < -0.39 is 11.1 Å². The van der Waals surface area contributed by atoms with Crippen molar-refractivity contribution in [3.05, 3.63) is 21.9 Å². The molecule has 0 atom stereocenters. The summed E-state index contributed by atoms with van der Waals surface area (Å²) >= 11 is 1.44. The van der Waals surface area contributed by atoms with Crippen LogP contribution in [0.3, 0.4) is 0 Å². The Morgan fingerprint density at radius 2 is 1.42 bits per heavy atom. The normalized spacial score (nSPS) is 19.0. The molecule has 0 saturated heterocycles. The van der Waals surface area contributed by atoms with Gasteiger partial charge in [0.2, 0.25) is 0 Å². The number of carbonyl (C=O) groups excluding carboxylic acids is 3. The third-order valence-electron chi connectivity index (χ3n) is 5.94. The van der Waals surface area contributed by atoms with E-state index in [1.807, 2.05) is 13.0 Å². The molecule has 3 N–H and O–H groups in total. The van der Waals surface area contributed by atoms with Gasteiger partial charge in [-0.3, -0.25) is 9.59 Å². The Labute approximate surface area is 194 Å². The summed E-state index contributed by atoms with van der Waals surface area (Å²) in [6.07, 6.45) is 9.16. The fourth-order valence-corrected chi connectivity index (χ4v) is 4.92. The summed E-state index contributed by atoms with van der Waals surface area (Å²) in [5, 5.41) is 2.91. The Balaban J connectivity index is 0.000000344. The summed E-state index contributed by atoms with van der Waals surface area (Å²) in [5.74, 6) is -0.753. The van der Waals surface area contributed by atoms with E-state index in [-0.39, 0.29) is 30.3 Å². The molecule has 0 aromatic carbocycles. The van der Waals surface area contributed by atoms with Crippen molar-refractivity contribution >= 4 is 41.6 Å². The van der Waals surface area contributed by atoms with Crippen molar-refractivity contribution in [2.75, 3.05) is 14.2 Å². The van der Waals surface area contributed by atoms with Crippen molar-refractivity contribution in [2.45, 2.75) is 82.2 Å². The van der Waals surface area contributed by atoms with Crippen LogP contribution in [0.5, 0.6) is 0 Å². The van der Waals surface area contributed by atoms with Crippen molar-refractivity contribution in [1.82, 2.24) is 5.32 Å². The van der Waals surface area contributed by atoms with Gasteiger partial charge in [0.1, 0.15) is 11.1 Å². The van der Waals surface area contributed by atoms with Crippen LogP contribution in [0.1, 0.15) is 78.8 Å². The summed E-state index contributed by atoms with van der Waals surface area (Å²) in [5.41, 5.74) is 4.33. The number of nitrogens with two attached hydrogens (primary N) is 1. The van der Waals surface area contributed by atoms with Gasteiger partial charge in [-0.15, -0.1) is 23.7 Å². The molecule has 0 spiro atoms. The van der Waals surface area contributed by atoms with E-state index in [2.05, 4.69) is 10.1 Å². The number of nitrogens with one attached hydrogen (secondary N) is 1. The smallest absolute Gasteiger partial charge is 0.331 e. The van der Waals surface area contributed by atoms with Gasteiger partial charge in [0.25, 0.3) is 5.91 Å². The van der Waals surface area contributed by atoms with Crippen LogP contribution in [0.4, 0.5) is 0 Å². The largest absolute Gasteiger partial charge is 0.468 e. The highest BCUT2D eigenvalue weighted by molar-refractivity contribution is 7.13. The van der Waals surface area contributed by atoms with E-state index >= 15 is 0 Å². The molecule has 31 heavy (non-hydrogen) atoms. The second kappa shape index (κ2) is 12.4. The molecule has 9 heteroatoms. The molecule has 1 aromatic rings. The first kappa shape index (κ1) is 27.4. The maximum atomic E-state index is 12.2. The van der Waals surface area contributed by atoms with E-state index in [1.54, 1.807) is 6.07 Å². The lowest BCUT2D eigenvalue weighted by Gasteiger charge is -2.35. The minimum absolute atomic E-state index is 0. The molecule has 1 heterocycles. The Morgan fingerprint density at radius 3 is 1.87 bits per heavy atom. The molecule has 176 valence electrons. The van der Waals surface area contributed by atoms with Gasteiger partial charge in [0.05, 0.1) is 19.1 Å². The average Bonchev–Trinajstić information content (AvgIpc) is 3.20. The van der Waals surface area contributed by atoms with Gasteiger partial charge in [-0.05, 0) is 44.7 Å². The number of hydrogen-bond donors (Lipinski definition) is 2. The first-order chi connectivity index (χ1) is 14.3. The SMILES string of the molecule is COC(=O)C1(N)CCCCC1.COC(=O)C1(NC(=O)c2ccc(C)s2)CCCCC1.Cl. The van der Waals surface area contributed by atoms with Crippen molar-refractivity contribution in [3.8, 4) is 0 Å². The fraction of sp³-hybridized carbons (Fsp3) is 0.682. The first-order valence-corrected chi connectivity index (χ1v) is 11.4. The molecule has 7 nitrogen and oxygen atoms in total. The second-order valence-corrected chi connectivity index (χ2v) is 9.50. The molecule has 3 rings (SSSR count). The number of thiophene rings is 1. The predicted molar refractivity (Wildman–Crippen MR) is 124 cm³/mol. The van der Waals surface area contributed by atoms with Gasteiger partial charge in [0, 0.05) is 4.88 Å². The van der Waals surface area contributed by atoms with Crippen LogP contribution >= 0.6 is 23.7 Å². The summed E-state index contributed by atoms with van der Waals surface area (Å²) in [7, 11) is 2.77. The van der Waals surface area contributed by atoms with Crippen LogP contribution in [0, 0.1) is 6.92 Å². The lowest BCUT2D eigenvalue weighted by atomic mass is 9.81. The highest BCUT2D eigenvalue weighted by atomic mass is 35.5. The molecule has 0 aliphatic heterocycles. The zero-order chi connectivity index (χ0) is 22.2. The maximum absolute atomic E-state index is 12.2. The van der Waals surface area contributed by atoms with Crippen molar-refractivity contribution < 1.29 is 23.9 Å². The van der Waals surface area contributed by atoms with E-state index in [0.29, 0.717) is 17.7 Å². The van der Waals surface area contributed by atoms with Crippen LogP contribution in [-0.4, -0.2) is 43.1 Å². The molecule has 0 radical (unpaired) electrons. The number of esters is 2. The quantitative estimate of drug-likeness (QED) is 0.640. The number of methoxy groups -OCH3 is 2. The highest BCUT2D eigenvalue weighted by Crippen LogP contribution is 2.30. The van der Waals surface area contributed by atoms with Crippen molar-refractivity contribution in [3.63, 3.8) is 0 Å². The molecule has 2 saturated carbocycles. The number of rotatable bonds is 4. The predicted octanol–water partition coefficient (Wildman–Crippen LogP) is 3.91. The van der Waals surface area contributed by atoms with Crippen LogP contribution in [0.2, 0.25) is 0 Å². The van der Waals surface area contributed by atoms with Gasteiger partial charge >= 0.3 is 11.9 Å². The van der Waals surface area contributed by atoms with Gasteiger partial charge in [0.15, 0.2) is 0 Å². The molecule has 2 aliphatic carbocycles. The zero-order valence-electron chi connectivity index (χ0n) is 18.7. The topological polar surface area (TPSA) is 108 Å². The summed E-state index contributed by atoms with van der Waals surface area (Å²) in [6, 6.07) is 3.70. The molecule has 0 unspecified atom stereocenters. The van der Waals surface area contributed by atoms with E-state index in [0.717, 1.165) is 49.8 Å². The zero-order valence-corrected chi connectivity index (χ0v) is 20.3. The maximum Gasteiger partial charge on any atom is 0.331 e. The Hall–Kier alpha value is -1.64. The summed E-state index contributed by atoms with van der Waals surface area (Å²) in [6.45, 7) is 1.96. The van der Waals surface area contributed by atoms with Gasteiger partial charge in [-0.2, -0.15) is 0 Å². The lowest BCUT2D eigenvalue weighted by Crippen LogP contribution is -2.56. The van der Waals surface area contributed by atoms with Crippen molar-refractivity contribution in [1.29, 1.82) is 0 Å². The standard InChI is InChI=1S/C14H19NO3S.C8H15NO2.ClH/c1-10-6-7-11(19-10)12(16)15-14(13(17)18-2)8-4-3-5-9-14;1-11-7(10)8(9)5-3-2-4-6-8;/h6-7H,3-5,8-9H2,1-2H3,(H,15,16);2-6,9H2,1H3;1H. The Bertz CT molecular complexity index is 740. The number of hydrogen-bond acceptors (Lipinski definition) is 7. The number of carbonyl (C=O) groups is 3. The first-order valence-electron chi connectivity index (χ1n) is 10.6. The van der Waals surface area contributed by atoms with E-state index in [1.165, 1.54) is 32.0 Å². The van der Waals surface area contributed by atoms with Crippen LogP contribution in [-0.2, 0) is 19.1 Å². The number of aryl methyl sites for hydroxylation is 1. The third kappa shape index (κ3) is 7.19. The van der Waals surface area contributed by atoms with Gasteiger partial charge < -0.3 is 20.5 Å². The lowest BCUT2D eigenvalue weighted by molar-refractivity contribution is -0.150. The van der Waals surface area contributed by atoms with Gasteiger partial charge in [-0.1, -0.05) is 38.5 Å². The van der Waals surface area contributed by atoms with Crippen LogP contribution in [0.15, 0.2) is 12.1 Å². The minimum Gasteiger partial charge on any atom is -0.468 e. The van der Waals surface area contributed by atoms with E-state index in [9.17, 15) is 14.4 Å². The molecular weight excluding hydrogens is 440 g/mol. The van der Waals surface area contributed by atoms with Crippen molar-refractivity contribution in [2.24, 2.45) is 5.73 Å². The minimum atomic E-state index is -0.831. The van der Waals surface area contributed by atoms with Crippen LogP contribution < -0.4 is 11.1 Å². The number of halogens is 1.